The number of rotatable bonds is 4. The standard InChI is InChI=1S/C59H33N5OS/c1-3-16-36-32-50-45(30-34(36)14-1)46-31-35-15-2-4-17-37(35)33-51(46)63(50)49-29-28-43(54-42-21-7-11-26-52(42)65-55(49)54)57-60-58(44-23-13-22-41-40-20-8-12-27-53(40)66-56(41)44)62-59(61-57)64-47-24-9-5-18-38(47)39-19-6-10-25-48(39)64/h1-33H. The summed E-state index contributed by atoms with van der Waals surface area (Å²) in [6.45, 7) is 0. The van der Waals surface area contributed by atoms with Crippen molar-refractivity contribution in [3.05, 3.63) is 200 Å². The van der Waals surface area contributed by atoms with Crippen LogP contribution in [0.3, 0.4) is 0 Å². The number of thiophene rings is 1. The first kappa shape index (κ1) is 35.8. The van der Waals surface area contributed by atoms with Gasteiger partial charge in [-0.25, -0.2) is 4.98 Å². The van der Waals surface area contributed by atoms with Gasteiger partial charge in [0, 0.05) is 63.6 Å². The highest BCUT2D eigenvalue weighted by atomic mass is 32.1. The quantitative estimate of drug-likeness (QED) is 0.177. The Bertz CT molecular complexity index is 4400. The number of aromatic nitrogens is 5. The summed E-state index contributed by atoms with van der Waals surface area (Å²) >= 11 is 1.78. The van der Waals surface area contributed by atoms with Crippen LogP contribution in [0, 0.1) is 0 Å². The third-order valence-electron chi connectivity index (χ3n) is 13.5. The molecule has 10 aromatic carbocycles. The minimum Gasteiger partial charge on any atom is -0.454 e. The third-order valence-corrected chi connectivity index (χ3v) is 14.8. The minimum absolute atomic E-state index is 0.552. The van der Waals surface area contributed by atoms with Crippen molar-refractivity contribution in [1.29, 1.82) is 0 Å². The largest absolute Gasteiger partial charge is 0.454 e. The molecule has 0 atom stereocenters. The van der Waals surface area contributed by atoms with Crippen molar-refractivity contribution in [1.82, 2.24) is 24.1 Å². The number of benzene rings is 10. The summed E-state index contributed by atoms with van der Waals surface area (Å²) in [6.07, 6.45) is 0. The molecule has 15 aromatic rings. The molecule has 0 aliphatic rings. The predicted molar refractivity (Wildman–Crippen MR) is 275 cm³/mol. The van der Waals surface area contributed by atoms with E-state index in [4.69, 9.17) is 19.4 Å². The number of fused-ring (bicyclic) bond motifs is 14. The molecule has 0 radical (unpaired) electrons. The van der Waals surface area contributed by atoms with Crippen LogP contribution in [0.15, 0.2) is 205 Å². The van der Waals surface area contributed by atoms with Crippen LogP contribution in [-0.4, -0.2) is 24.1 Å². The molecule has 7 heteroatoms. The molecule has 0 amide bonds. The SMILES string of the molecule is c1ccc2cc3c(cc2c1)c1cc2ccccc2cc1n3-c1ccc(-c2nc(-c3cccc4c3sc3ccccc34)nc(-n3c4ccccc4c4ccccc43)n2)c2c1oc1ccccc12. The average Bonchev–Trinajstić information content (AvgIpc) is 4.13. The zero-order valence-corrected chi connectivity index (χ0v) is 35.9. The second-order valence-corrected chi connectivity index (χ2v) is 18.2. The third kappa shape index (κ3) is 5.03. The number of furan rings is 1. The first-order valence-electron chi connectivity index (χ1n) is 22.2. The van der Waals surface area contributed by atoms with Crippen LogP contribution in [-0.2, 0) is 0 Å². The smallest absolute Gasteiger partial charge is 0.238 e. The van der Waals surface area contributed by atoms with Gasteiger partial charge in [0.1, 0.15) is 5.58 Å². The lowest BCUT2D eigenvalue weighted by Crippen LogP contribution is -2.06. The maximum absolute atomic E-state index is 7.07. The number of hydrogen-bond donors (Lipinski definition) is 0. The monoisotopic (exact) mass is 859 g/mol. The molecule has 306 valence electrons. The van der Waals surface area contributed by atoms with Crippen LogP contribution < -0.4 is 0 Å². The van der Waals surface area contributed by atoms with E-state index in [1.807, 2.05) is 6.07 Å². The van der Waals surface area contributed by atoms with Gasteiger partial charge in [-0.05, 0) is 88.3 Å². The Morgan fingerprint density at radius 2 is 0.924 bits per heavy atom. The van der Waals surface area contributed by atoms with Gasteiger partial charge < -0.3 is 8.98 Å². The van der Waals surface area contributed by atoms with Crippen molar-refractivity contribution in [2.45, 2.75) is 0 Å². The summed E-state index contributed by atoms with van der Waals surface area (Å²) in [5.41, 5.74) is 8.62. The van der Waals surface area contributed by atoms with E-state index in [1.54, 1.807) is 11.3 Å². The Balaban J connectivity index is 1.06. The topological polar surface area (TPSA) is 61.7 Å². The fourth-order valence-corrected chi connectivity index (χ4v) is 11.8. The van der Waals surface area contributed by atoms with Crippen molar-refractivity contribution in [3.63, 3.8) is 0 Å². The molecule has 5 aromatic heterocycles. The Morgan fingerprint density at radius 3 is 1.61 bits per heavy atom. The lowest BCUT2D eigenvalue weighted by atomic mass is 10.0. The fraction of sp³-hybridized carbons (Fsp3) is 0. The van der Waals surface area contributed by atoms with E-state index < -0.39 is 0 Å². The molecular weight excluding hydrogens is 827 g/mol. The number of hydrogen-bond acceptors (Lipinski definition) is 5. The van der Waals surface area contributed by atoms with E-state index >= 15 is 0 Å². The van der Waals surface area contributed by atoms with Gasteiger partial charge in [0.25, 0.3) is 0 Å². The highest BCUT2D eigenvalue weighted by Gasteiger charge is 2.25. The maximum Gasteiger partial charge on any atom is 0.238 e. The molecule has 0 saturated carbocycles. The average molecular weight is 860 g/mol. The van der Waals surface area contributed by atoms with Crippen molar-refractivity contribution in [2.24, 2.45) is 0 Å². The summed E-state index contributed by atoms with van der Waals surface area (Å²) in [7, 11) is 0. The van der Waals surface area contributed by atoms with Crippen molar-refractivity contribution >= 4 is 119 Å². The highest BCUT2D eigenvalue weighted by Crippen LogP contribution is 2.45. The first-order chi connectivity index (χ1) is 32.7. The van der Waals surface area contributed by atoms with Crippen molar-refractivity contribution in [2.75, 3.05) is 0 Å². The summed E-state index contributed by atoms with van der Waals surface area (Å²) < 4.78 is 14.0. The first-order valence-corrected chi connectivity index (χ1v) is 23.0. The molecule has 0 unspecified atom stereocenters. The zero-order chi connectivity index (χ0) is 43.0. The van der Waals surface area contributed by atoms with Crippen molar-refractivity contribution < 1.29 is 4.42 Å². The molecule has 5 heterocycles. The number of para-hydroxylation sites is 3. The molecule has 0 spiro atoms. The van der Waals surface area contributed by atoms with Crippen molar-refractivity contribution in [3.8, 4) is 34.4 Å². The molecule has 6 nitrogen and oxygen atoms in total. The molecule has 0 N–H and O–H groups in total. The molecule has 0 saturated heterocycles. The molecule has 15 rings (SSSR count). The maximum atomic E-state index is 7.07. The lowest BCUT2D eigenvalue weighted by molar-refractivity contribution is 0.666. The second-order valence-electron chi connectivity index (χ2n) is 17.1. The van der Waals surface area contributed by atoms with Crippen LogP contribution in [0.1, 0.15) is 0 Å². The van der Waals surface area contributed by atoms with E-state index in [0.29, 0.717) is 17.6 Å². The zero-order valence-electron chi connectivity index (χ0n) is 35.1. The Kier molecular flexibility index (Phi) is 7.28. The summed E-state index contributed by atoms with van der Waals surface area (Å²) in [6, 6.07) is 71.3. The molecule has 0 aliphatic heterocycles. The summed E-state index contributed by atoms with van der Waals surface area (Å²) in [4.78, 5) is 16.4. The minimum atomic E-state index is 0.552. The second kappa shape index (κ2) is 13.4. The predicted octanol–water partition coefficient (Wildman–Crippen LogP) is 16.0. The van der Waals surface area contributed by atoms with Gasteiger partial charge in [-0.3, -0.25) is 4.57 Å². The van der Waals surface area contributed by atoms with Gasteiger partial charge >= 0.3 is 0 Å². The summed E-state index contributed by atoms with van der Waals surface area (Å²) in [5.74, 6) is 1.73. The van der Waals surface area contributed by atoms with Gasteiger partial charge in [-0.15, -0.1) is 11.3 Å². The highest BCUT2D eigenvalue weighted by molar-refractivity contribution is 7.26. The van der Waals surface area contributed by atoms with Gasteiger partial charge in [0.05, 0.1) is 27.8 Å². The number of nitrogens with zero attached hydrogens (tertiary/aromatic N) is 5. The van der Waals surface area contributed by atoms with Gasteiger partial charge in [-0.2, -0.15) is 9.97 Å². The van der Waals surface area contributed by atoms with Gasteiger partial charge in [0.2, 0.25) is 5.95 Å². The van der Waals surface area contributed by atoms with Gasteiger partial charge in [0.15, 0.2) is 17.2 Å². The van der Waals surface area contributed by atoms with Gasteiger partial charge in [-0.1, -0.05) is 133 Å². The van der Waals surface area contributed by atoms with E-state index in [9.17, 15) is 0 Å². The van der Waals surface area contributed by atoms with Crippen LogP contribution in [0.25, 0.3) is 142 Å². The van der Waals surface area contributed by atoms with Crippen LogP contribution >= 0.6 is 11.3 Å². The van der Waals surface area contributed by atoms with E-state index in [0.717, 1.165) is 76.3 Å². The Labute approximate surface area is 379 Å². The fourth-order valence-electron chi connectivity index (χ4n) is 10.6. The van der Waals surface area contributed by atoms with E-state index in [1.165, 1.54) is 47.8 Å². The van der Waals surface area contributed by atoms with Crippen LogP contribution in [0.4, 0.5) is 0 Å². The normalized spacial score (nSPS) is 12.2. The lowest BCUT2D eigenvalue weighted by Gasteiger charge is -2.14. The Hall–Kier alpha value is -8.65. The summed E-state index contributed by atoms with van der Waals surface area (Å²) in [5, 5.41) is 13.8. The van der Waals surface area contributed by atoms with E-state index in [2.05, 4.69) is 203 Å². The Morgan fingerprint density at radius 1 is 0.379 bits per heavy atom. The molecule has 0 aliphatic carbocycles. The molecule has 66 heavy (non-hydrogen) atoms. The van der Waals surface area contributed by atoms with Crippen LogP contribution in [0.2, 0.25) is 0 Å². The van der Waals surface area contributed by atoms with Crippen LogP contribution in [0.5, 0.6) is 0 Å². The molecule has 0 fully saturated rings. The van der Waals surface area contributed by atoms with E-state index in [-0.39, 0.29) is 0 Å². The molecule has 0 bridgehead atoms. The molecular formula is C59H33N5OS.